The lowest BCUT2D eigenvalue weighted by Crippen LogP contribution is -2.11. The van der Waals surface area contributed by atoms with Gasteiger partial charge in [-0.05, 0) is 6.42 Å². The highest BCUT2D eigenvalue weighted by molar-refractivity contribution is 7.71. The van der Waals surface area contributed by atoms with Gasteiger partial charge in [0.1, 0.15) is 17.4 Å². The first kappa shape index (κ1) is 12.0. The predicted molar refractivity (Wildman–Crippen MR) is 68.1 cm³/mol. The van der Waals surface area contributed by atoms with Crippen LogP contribution in [0.15, 0.2) is 6.33 Å². The minimum Gasteiger partial charge on any atom is -0.369 e. The zero-order chi connectivity index (χ0) is 12.4. The van der Waals surface area contributed by atoms with Gasteiger partial charge in [-0.25, -0.2) is 9.97 Å². The fraction of sp³-hybridized carbons (Fsp3) is 0.500. The Kier molecular flexibility index (Phi) is 3.39. The fourth-order valence-electron chi connectivity index (χ4n) is 1.79. The number of anilines is 1. The van der Waals surface area contributed by atoms with Crippen molar-refractivity contribution in [1.82, 2.24) is 19.5 Å². The third kappa shape index (κ3) is 2.16. The molecule has 0 saturated carbocycles. The minimum atomic E-state index is -0.0718. The number of nitrogens with two attached hydrogens (primary N) is 1. The molecule has 0 bridgehead atoms. The van der Waals surface area contributed by atoms with Crippen LogP contribution in [0.4, 0.5) is 5.95 Å². The summed E-state index contributed by atoms with van der Waals surface area (Å²) in [7, 11) is 1.67. The van der Waals surface area contributed by atoms with Crippen molar-refractivity contribution in [2.45, 2.75) is 26.0 Å². The zero-order valence-corrected chi connectivity index (χ0v) is 10.6. The topological polar surface area (TPSA) is 81.8 Å². The molecular formula is C10H15N5OS. The lowest BCUT2D eigenvalue weighted by Gasteiger charge is -2.16. The number of nitrogen functional groups attached to an aromatic ring is 1. The summed E-state index contributed by atoms with van der Waals surface area (Å²) in [5.74, 6) is 0.288. The molecule has 2 aromatic heterocycles. The van der Waals surface area contributed by atoms with Crippen molar-refractivity contribution < 1.29 is 4.74 Å². The van der Waals surface area contributed by atoms with Crippen LogP contribution in [0.5, 0.6) is 0 Å². The molecule has 0 saturated heterocycles. The first-order valence-corrected chi connectivity index (χ1v) is 5.83. The molecule has 2 aromatic rings. The molecule has 0 fully saturated rings. The highest BCUT2D eigenvalue weighted by atomic mass is 32.1. The number of hydrogen-bond donors (Lipinski definition) is 2. The standard InChI is InChI=1S/C10H15N5OS/c1-3-4-6(16-2)15-5-12-7-8(15)13-10(11)14-9(7)17/h5-6H,3-4H2,1-2H3,(H3,11,13,14,17)/t6-/m1/s1. The van der Waals surface area contributed by atoms with E-state index in [1.54, 1.807) is 13.4 Å². The van der Waals surface area contributed by atoms with E-state index in [1.807, 2.05) is 4.57 Å². The molecule has 3 N–H and O–H groups in total. The van der Waals surface area contributed by atoms with E-state index in [9.17, 15) is 0 Å². The normalized spacial score (nSPS) is 13.1. The summed E-state index contributed by atoms with van der Waals surface area (Å²) in [6.07, 6.45) is 3.53. The molecule has 1 atom stereocenters. The molecule has 0 spiro atoms. The van der Waals surface area contributed by atoms with E-state index >= 15 is 0 Å². The monoisotopic (exact) mass is 253 g/mol. The second kappa shape index (κ2) is 4.80. The first-order chi connectivity index (χ1) is 8.17. The van der Waals surface area contributed by atoms with Crippen molar-refractivity contribution in [2.24, 2.45) is 0 Å². The Hall–Kier alpha value is -1.47. The number of ether oxygens (including phenoxy) is 1. The van der Waals surface area contributed by atoms with Crippen molar-refractivity contribution in [3.8, 4) is 0 Å². The van der Waals surface area contributed by atoms with Crippen LogP contribution in [-0.4, -0.2) is 26.6 Å². The Morgan fingerprint density at radius 1 is 1.65 bits per heavy atom. The summed E-state index contributed by atoms with van der Waals surface area (Å²) < 4.78 is 7.73. The van der Waals surface area contributed by atoms with Crippen molar-refractivity contribution in [2.75, 3.05) is 12.8 Å². The van der Waals surface area contributed by atoms with Crippen LogP contribution in [0.25, 0.3) is 11.2 Å². The third-order valence-corrected chi connectivity index (χ3v) is 2.87. The quantitative estimate of drug-likeness (QED) is 0.815. The number of aromatic amines is 1. The van der Waals surface area contributed by atoms with Crippen LogP contribution in [0.3, 0.4) is 0 Å². The molecule has 2 heterocycles. The van der Waals surface area contributed by atoms with E-state index in [1.165, 1.54) is 0 Å². The summed E-state index contributed by atoms with van der Waals surface area (Å²) in [6, 6.07) is 0. The maximum absolute atomic E-state index is 5.65. The van der Waals surface area contributed by atoms with Gasteiger partial charge in [-0.15, -0.1) is 0 Å². The summed E-state index contributed by atoms with van der Waals surface area (Å²) in [5.41, 5.74) is 7.05. The molecule has 0 amide bonds. The highest BCUT2D eigenvalue weighted by Crippen LogP contribution is 2.21. The second-order valence-electron chi connectivity index (χ2n) is 3.76. The molecule has 0 aromatic carbocycles. The van der Waals surface area contributed by atoms with Gasteiger partial charge >= 0.3 is 0 Å². The number of rotatable bonds is 4. The minimum absolute atomic E-state index is 0.0718. The number of hydrogen-bond acceptors (Lipinski definition) is 5. The second-order valence-corrected chi connectivity index (χ2v) is 4.14. The number of fused-ring (bicyclic) bond motifs is 1. The largest absolute Gasteiger partial charge is 0.369 e. The molecule has 6 nitrogen and oxygen atoms in total. The fourth-order valence-corrected chi connectivity index (χ4v) is 2.04. The summed E-state index contributed by atoms with van der Waals surface area (Å²) in [4.78, 5) is 11.2. The van der Waals surface area contributed by atoms with Crippen LogP contribution in [0, 0.1) is 4.64 Å². The van der Waals surface area contributed by atoms with Gasteiger partial charge in [-0.3, -0.25) is 4.57 Å². The summed E-state index contributed by atoms with van der Waals surface area (Å²) in [5, 5.41) is 0. The van der Waals surface area contributed by atoms with E-state index in [2.05, 4.69) is 21.9 Å². The van der Waals surface area contributed by atoms with E-state index in [4.69, 9.17) is 22.7 Å². The Morgan fingerprint density at radius 2 is 2.41 bits per heavy atom. The lowest BCUT2D eigenvalue weighted by atomic mass is 10.3. The number of methoxy groups -OCH3 is 1. The van der Waals surface area contributed by atoms with Crippen LogP contribution in [0.2, 0.25) is 0 Å². The summed E-state index contributed by atoms with van der Waals surface area (Å²) >= 11 is 5.11. The summed E-state index contributed by atoms with van der Waals surface area (Å²) in [6.45, 7) is 2.10. The molecule has 92 valence electrons. The smallest absolute Gasteiger partial charge is 0.200 e. The van der Waals surface area contributed by atoms with Gasteiger partial charge in [-0.1, -0.05) is 25.6 Å². The molecule has 0 unspecified atom stereocenters. The molecule has 2 rings (SSSR count). The van der Waals surface area contributed by atoms with Crippen LogP contribution in [-0.2, 0) is 4.74 Å². The van der Waals surface area contributed by atoms with Gasteiger partial charge in [-0.2, -0.15) is 0 Å². The molecule has 7 heteroatoms. The van der Waals surface area contributed by atoms with E-state index < -0.39 is 0 Å². The van der Waals surface area contributed by atoms with Crippen molar-refractivity contribution in [3.05, 3.63) is 11.0 Å². The predicted octanol–water partition coefficient (Wildman–Crippen LogP) is 2.02. The van der Waals surface area contributed by atoms with Crippen LogP contribution in [0.1, 0.15) is 26.0 Å². The van der Waals surface area contributed by atoms with Gasteiger partial charge < -0.3 is 15.5 Å². The Morgan fingerprint density at radius 3 is 3.06 bits per heavy atom. The van der Waals surface area contributed by atoms with Gasteiger partial charge in [0.25, 0.3) is 0 Å². The van der Waals surface area contributed by atoms with Gasteiger partial charge in [0.15, 0.2) is 10.6 Å². The number of nitrogens with zero attached hydrogens (tertiary/aromatic N) is 3. The van der Waals surface area contributed by atoms with E-state index in [0.717, 1.165) is 18.5 Å². The van der Waals surface area contributed by atoms with Gasteiger partial charge in [0, 0.05) is 7.11 Å². The molecule has 0 aliphatic heterocycles. The highest BCUT2D eigenvalue weighted by Gasteiger charge is 2.14. The Labute approximate surface area is 104 Å². The number of imidazole rings is 1. The average Bonchev–Trinajstić information content (AvgIpc) is 2.69. The number of nitrogens with one attached hydrogen (secondary N) is 1. The third-order valence-electron chi connectivity index (χ3n) is 2.58. The molecule has 17 heavy (non-hydrogen) atoms. The number of aromatic nitrogens is 4. The average molecular weight is 253 g/mol. The van der Waals surface area contributed by atoms with Crippen LogP contribution >= 0.6 is 12.2 Å². The van der Waals surface area contributed by atoms with Crippen LogP contribution < -0.4 is 5.73 Å². The molecular weight excluding hydrogens is 238 g/mol. The number of H-pyrrole nitrogens is 1. The maximum Gasteiger partial charge on any atom is 0.200 e. The van der Waals surface area contributed by atoms with Crippen molar-refractivity contribution >= 4 is 29.3 Å². The Balaban J connectivity index is 2.58. The van der Waals surface area contributed by atoms with E-state index in [0.29, 0.717) is 10.2 Å². The Bertz CT molecular complexity index is 576. The SMILES string of the molecule is CCC[C@@H](OC)n1cnc2c(=S)nc(N)[nH]c21. The molecule has 0 aliphatic carbocycles. The van der Waals surface area contributed by atoms with E-state index in [-0.39, 0.29) is 12.2 Å². The van der Waals surface area contributed by atoms with Gasteiger partial charge in [0.2, 0.25) is 0 Å². The van der Waals surface area contributed by atoms with Gasteiger partial charge in [0.05, 0.1) is 6.33 Å². The lowest BCUT2D eigenvalue weighted by molar-refractivity contribution is 0.0391. The first-order valence-electron chi connectivity index (χ1n) is 5.42. The zero-order valence-electron chi connectivity index (χ0n) is 9.80. The van der Waals surface area contributed by atoms with Crippen molar-refractivity contribution in [3.63, 3.8) is 0 Å². The molecule has 0 radical (unpaired) electrons. The van der Waals surface area contributed by atoms with Crippen molar-refractivity contribution in [1.29, 1.82) is 0 Å². The molecule has 0 aliphatic rings. The maximum atomic E-state index is 5.65.